The SMILES string of the molecule is [2H]C12CCCCC1([2H])N1c3cc(C)cc4c3B(c3cc(C(C)(C)C)cc2c31)c1cc(C(C)(C)C)cc2c1N4C1(F)CCCCC21F. The van der Waals surface area contributed by atoms with Gasteiger partial charge in [0.2, 0.25) is 5.79 Å². The highest BCUT2D eigenvalue weighted by Crippen LogP contribution is 2.64. The van der Waals surface area contributed by atoms with Crippen LogP contribution in [0.4, 0.5) is 31.5 Å². The quantitative estimate of drug-likeness (QED) is 0.191. The van der Waals surface area contributed by atoms with Crippen molar-refractivity contribution in [1.82, 2.24) is 0 Å². The number of rotatable bonds is 0. The highest BCUT2D eigenvalue weighted by atomic mass is 19.2. The van der Waals surface area contributed by atoms with E-state index in [1.54, 1.807) is 4.90 Å². The van der Waals surface area contributed by atoms with Crippen molar-refractivity contribution < 1.29 is 11.5 Å². The molecular weight excluding hydrogens is 545 g/mol. The number of anilines is 4. The molecule has 5 heteroatoms. The monoisotopic (exact) mass is 592 g/mol. The van der Waals surface area contributed by atoms with Crippen molar-refractivity contribution in [3.8, 4) is 0 Å². The first-order valence-electron chi connectivity index (χ1n) is 18.0. The molecular formula is C39H45BF2N2. The maximum absolute atomic E-state index is 18.0. The average Bonchev–Trinajstić information content (AvgIpc) is 3.32. The first-order chi connectivity index (χ1) is 21.5. The molecule has 4 atom stereocenters. The Bertz CT molecular complexity index is 1770. The molecule has 0 amide bonds. The third kappa shape index (κ3) is 3.17. The smallest absolute Gasteiger partial charge is 0.252 e. The van der Waals surface area contributed by atoms with Gasteiger partial charge in [-0.1, -0.05) is 72.6 Å². The standard InChI is InChI=1S/C39H45BF2N2/c1-22-16-31-33-32(17-22)44-35-27(38(41)14-10-11-15-39(38,44)42)19-24(37(5,6)7)21-29(35)40(33)28-20-23(36(2,3)4)18-26-25-12-8-9-13-30(25)43(31)34(26)28/h16-21,25,30H,8-15H2,1-7H3/i25D,30D. The second-order valence-corrected chi connectivity index (χ2v) is 16.6. The summed E-state index contributed by atoms with van der Waals surface area (Å²) in [5.41, 5.74) is 8.50. The third-order valence-corrected chi connectivity index (χ3v) is 11.8. The Balaban J connectivity index is 1.47. The molecule has 6 aliphatic rings. The first kappa shape index (κ1) is 25.4. The second-order valence-electron chi connectivity index (χ2n) is 16.6. The van der Waals surface area contributed by atoms with Crippen molar-refractivity contribution in [3.05, 3.63) is 64.2 Å². The topological polar surface area (TPSA) is 6.48 Å². The van der Waals surface area contributed by atoms with Crippen LogP contribution in [0, 0.1) is 6.92 Å². The minimum Gasteiger partial charge on any atom is -0.338 e. The Hall–Kier alpha value is -2.82. The van der Waals surface area contributed by atoms with Crippen molar-refractivity contribution in [1.29, 1.82) is 0 Å². The zero-order valence-corrected chi connectivity index (χ0v) is 27.3. The fraction of sp³-hybridized carbons (Fsp3) is 0.538. The van der Waals surface area contributed by atoms with Crippen molar-refractivity contribution in [2.75, 3.05) is 9.80 Å². The summed E-state index contributed by atoms with van der Waals surface area (Å²) in [6.07, 6.45) is 4.71. The Kier molecular flexibility index (Phi) is 4.79. The summed E-state index contributed by atoms with van der Waals surface area (Å²) in [5, 5.41) is 0. The first-order valence-corrected chi connectivity index (χ1v) is 17.0. The summed E-state index contributed by atoms with van der Waals surface area (Å²) in [5.74, 6) is -3.27. The van der Waals surface area contributed by atoms with E-state index in [0.717, 1.165) is 68.5 Å². The van der Waals surface area contributed by atoms with Crippen LogP contribution in [0.3, 0.4) is 0 Å². The van der Waals surface area contributed by atoms with Crippen LogP contribution in [-0.2, 0) is 16.5 Å². The fourth-order valence-corrected chi connectivity index (χ4v) is 9.62. The van der Waals surface area contributed by atoms with Gasteiger partial charge in [0.25, 0.3) is 6.71 Å². The van der Waals surface area contributed by atoms with Gasteiger partial charge in [-0.15, -0.1) is 0 Å². The van der Waals surface area contributed by atoms with Gasteiger partial charge in [-0.05, 0) is 107 Å². The third-order valence-electron chi connectivity index (χ3n) is 11.8. The van der Waals surface area contributed by atoms with Crippen LogP contribution in [-0.4, -0.2) is 18.5 Å². The van der Waals surface area contributed by atoms with E-state index in [2.05, 4.69) is 76.8 Å². The van der Waals surface area contributed by atoms with Crippen LogP contribution in [0.2, 0.25) is 0 Å². The second kappa shape index (κ2) is 8.31. The zero-order chi connectivity index (χ0) is 32.6. The Morgan fingerprint density at radius 1 is 0.795 bits per heavy atom. The van der Waals surface area contributed by atoms with Crippen LogP contribution < -0.4 is 26.2 Å². The van der Waals surface area contributed by atoms with Gasteiger partial charge in [0.1, 0.15) is 0 Å². The molecule has 3 aromatic carbocycles. The number of hydrogen-bond acceptors (Lipinski definition) is 2. The van der Waals surface area contributed by atoms with Gasteiger partial charge in [0, 0.05) is 48.0 Å². The summed E-state index contributed by atoms with van der Waals surface area (Å²) in [6, 6.07) is 11.8. The normalized spacial score (nSPS) is 33.2. The number of aryl methyl sites for hydroxylation is 1. The zero-order valence-electron chi connectivity index (χ0n) is 29.3. The number of nitrogens with zero attached hydrogens (tertiary/aromatic N) is 2. The number of benzene rings is 3. The minimum absolute atomic E-state index is 0.146. The Labute approximate surface area is 265 Å². The van der Waals surface area contributed by atoms with Gasteiger partial charge in [0.15, 0.2) is 5.67 Å². The summed E-state index contributed by atoms with van der Waals surface area (Å²) >= 11 is 0. The minimum atomic E-state index is -2.18. The molecule has 0 spiro atoms. The summed E-state index contributed by atoms with van der Waals surface area (Å²) < 4.78 is 56.2. The van der Waals surface area contributed by atoms with Gasteiger partial charge in [-0.2, -0.15) is 0 Å². The van der Waals surface area contributed by atoms with Gasteiger partial charge < -0.3 is 9.80 Å². The van der Waals surface area contributed by atoms with Gasteiger partial charge >= 0.3 is 0 Å². The molecule has 4 heterocycles. The van der Waals surface area contributed by atoms with Crippen LogP contribution in [0.15, 0.2) is 36.4 Å². The molecule has 4 aliphatic heterocycles. The van der Waals surface area contributed by atoms with E-state index >= 15 is 8.78 Å². The molecule has 2 fully saturated rings. The van der Waals surface area contributed by atoms with E-state index < -0.39 is 23.4 Å². The molecule has 3 aromatic rings. The molecule has 0 aromatic heterocycles. The van der Waals surface area contributed by atoms with E-state index in [1.165, 1.54) is 0 Å². The lowest BCUT2D eigenvalue weighted by Crippen LogP contribution is -2.65. The maximum atomic E-state index is 18.0. The molecule has 2 saturated carbocycles. The van der Waals surface area contributed by atoms with Crippen molar-refractivity contribution in [2.24, 2.45) is 0 Å². The van der Waals surface area contributed by atoms with E-state index in [9.17, 15) is 2.74 Å². The lowest BCUT2D eigenvalue weighted by Gasteiger charge is -2.48. The van der Waals surface area contributed by atoms with E-state index in [1.807, 2.05) is 13.0 Å². The highest BCUT2D eigenvalue weighted by molar-refractivity contribution is 7.00. The summed E-state index contributed by atoms with van der Waals surface area (Å²) in [7, 11) is 0. The molecule has 44 heavy (non-hydrogen) atoms. The lowest BCUT2D eigenvalue weighted by molar-refractivity contribution is -0.0615. The van der Waals surface area contributed by atoms with Crippen molar-refractivity contribution >= 4 is 45.9 Å². The van der Waals surface area contributed by atoms with Crippen molar-refractivity contribution in [3.63, 3.8) is 0 Å². The molecule has 228 valence electrons. The van der Waals surface area contributed by atoms with Gasteiger partial charge in [0.05, 0.1) is 1.37 Å². The molecule has 2 aliphatic carbocycles. The van der Waals surface area contributed by atoms with Gasteiger partial charge in [-0.3, -0.25) is 0 Å². The number of hydrogen-bond donors (Lipinski definition) is 0. The fourth-order valence-electron chi connectivity index (χ4n) is 9.62. The van der Waals surface area contributed by atoms with E-state index in [-0.39, 0.29) is 30.4 Å². The summed E-state index contributed by atoms with van der Waals surface area (Å²) in [6.45, 7) is 14.9. The Morgan fingerprint density at radius 3 is 2.16 bits per heavy atom. The lowest BCUT2D eigenvalue weighted by atomic mass is 9.33. The predicted octanol–water partition coefficient (Wildman–Crippen LogP) is 8.47. The largest absolute Gasteiger partial charge is 0.338 e. The average molecular weight is 593 g/mol. The number of halogens is 2. The van der Waals surface area contributed by atoms with Crippen LogP contribution in [0.1, 0.15) is 129 Å². The van der Waals surface area contributed by atoms with E-state index in [0.29, 0.717) is 36.9 Å². The molecule has 0 saturated heterocycles. The van der Waals surface area contributed by atoms with Crippen molar-refractivity contribution in [2.45, 2.75) is 134 Å². The summed E-state index contributed by atoms with van der Waals surface area (Å²) in [4.78, 5) is 3.95. The molecule has 0 bridgehead atoms. The molecule has 4 unspecified atom stereocenters. The van der Waals surface area contributed by atoms with E-state index in [4.69, 9.17) is 0 Å². The molecule has 2 nitrogen and oxygen atoms in total. The number of alkyl halides is 2. The molecule has 0 radical (unpaired) electrons. The highest BCUT2D eigenvalue weighted by Gasteiger charge is 2.68. The van der Waals surface area contributed by atoms with Gasteiger partial charge in [-0.25, -0.2) is 8.78 Å². The Morgan fingerprint density at radius 2 is 1.43 bits per heavy atom. The number of fused-ring (bicyclic) bond motifs is 10. The molecule has 0 N–H and O–H groups in total. The maximum Gasteiger partial charge on any atom is 0.252 e. The van der Waals surface area contributed by atoms with Crippen LogP contribution >= 0.6 is 0 Å². The van der Waals surface area contributed by atoms with Crippen LogP contribution in [0.5, 0.6) is 0 Å². The van der Waals surface area contributed by atoms with Crippen LogP contribution in [0.25, 0.3) is 0 Å². The predicted molar refractivity (Wildman–Crippen MR) is 180 cm³/mol. The molecule has 9 rings (SSSR count).